The Bertz CT molecular complexity index is 744. The molecule has 0 saturated heterocycles. The number of nitrogens with one attached hydrogen (secondary N) is 2. The van der Waals surface area contributed by atoms with Crippen molar-refractivity contribution < 1.29 is 19.1 Å². The lowest BCUT2D eigenvalue weighted by molar-refractivity contribution is -0.136. The molecular weight excluding hydrogens is 320 g/mol. The Hall–Kier alpha value is -3.02. The molecule has 132 valence electrons. The molecule has 0 radical (unpaired) electrons. The van der Waals surface area contributed by atoms with Gasteiger partial charge in [-0.1, -0.05) is 30.3 Å². The van der Waals surface area contributed by atoms with Crippen LogP contribution in [0.4, 0.5) is 5.69 Å². The SMILES string of the molecule is COc1ccccc1CNC(=O)C(=O)Nc1ccccc1OC(C)C. The summed E-state index contributed by atoms with van der Waals surface area (Å²) in [5.41, 5.74) is 1.24. The maximum atomic E-state index is 12.1. The summed E-state index contributed by atoms with van der Waals surface area (Å²) >= 11 is 0. The topological polar surface area (TPSA) is 76.7 Å². The molecule has 6 nitrogen and oxygen atoms in total. The van der Waals surface area contributed by atoms with Crippen LogP contribution in [-0.4, -0.2) is 25.0 Å². The van der Waals surface area contributed by atoms with Crippen LogP contribution in [0, 0.1) is 0 Å². The number of carbonyl (C=O) groups excluding carboxylic acids is 2. The van der Waals surface area contributed by atoms with Gasteiger partial charge in [0.1, 0.15) is 11.5 Å². The third-order valence-corrected chi connectivity index (χ3v) is 3.34. The number of benzene rings is 2. The van der Waals surface area contributed by atoms with Gasteiger partial charge in [0.25, 0.3) is 0 Å². The third kappa shape index (κ3) is 5.24. The van der Waals surface area contributed by atoms with Crippen molar-refractivity contribution in [2.45, 2.75) is 26.5 Å². The fourth-order valence-electron chi connectivity index (χ4n) is 2.21. The molecule has 2 aromatic carbocycles. The fourth-order valence-corrected chi connectivity index (χ4v) is 2.21. The van der Waals surface area contributed by atoms with Gasteiger partial charge in [-0.25, -0.2) is 0 Å². The summed E-state index contributed by atoms with van der Waals surface area (Å²) in [6, 6.07) is 14.3. The molecule has 0 unspecified atom stereocenters. The molecule has 6 heteroatoms. The van der Waals surface area contributed by atoms with E-state index in [1.54, 1.807) is 37.4 Å². The van der Waals surface area contributed by atoms with Gasteiger partial charge in [-0.15, -0.1) is 0 Å². The van der Waals surface area contributed by atoms with E-state index >= 15 is 0 Å². The molecule has 2 aromatic rings. The lowest BCUT2D eigenvalue weighted by atomic mass is 10.2. The Morgan fingerprint density at radius 3 is 2.28 bits per heavy atom. The smallest absolute Gasteiger partial charge is 0.313 e. The van der Waals surface area contributed by atoms with Crippen LogP contribution in [0.15, 0.2) is 48.5 Å². The first-order chi connectivity index (χ1) is 12.0. The zero-order chi connectivity index (χ0) is 18.2. The predicted octanol–water partition coefficient (Wildman–Crippen LogP) is 2.74. The van der Waals surface area contributed by atoms with Crippen molar-refractivity contribution in [1.29, 1.82) is 0 Å². The number of hydrogen-bond acceptors (Lipinski definition) is 4. The summed E-state index contributed by atoms with van der Waals surface area (Å²) in [5.74, 6) is -0.317. The lowest BCUT2D eigenvalue weighted by Gasteiger charge is -2.14. The molecule has 2 amide bonds. The van der Waals surface area contributed by atoms with E-state index in [1.807, 2.05) is 32.0 Å². The van der Waals surface area contributed by atoms with E-state index in [9.17, 15) is 9.59 Å². The van der Waals surface area contributed by atoms with Crippen molar-refractivity contribution in [1.82, 2.24) is 5.32 Å². The van der Waals surface area contributed by atoms with Crippen LogP contribution in [0.1, 0.15) is 19.4 Å². The largest absolute Gasteiger partial charge is 0.496 e. The normalized spacial score (nSPS) is 10.2. The summed E-state index contributed by atoms with van der Waals surface area (Å²) in [5, 5.41) is 5.16. The van der Waals surface area contributed by atoms with E-state index in [4.69, 9.17) is 9.47 Å². The molecule has 0 spiro atoms. The molecule has 0 saturated carbocycles. The van der Waals surface area contributed by atoms with Crippen molar-refractivity contribution in [3.63, 3.8) is 0 Å². The van der Waals surface area contributed by atoms with E-state index in [2.05, 4.69) is 10.6 Å². The molecule has 2 rings (SSSR count). The van der Waals surface area contributed by atoms with E-state index in [0.29, 0.717) is 17.2 Å². The van der Waals surface area contributed by atoms with Gasteiger partial charge >= 0.3 is 11.8 Å². The van der Waals surface area contributed by atoms with Gasteiger partial charge in [0.15, 0.2) is 0 Å². The molecule has 0 fully saturated rings. The van der Waals surface area contributed by atoms with Gasteiger partial charge in [0.2, 0.25) is 0 Å². The minimum atomic E-state index is -0.755. The number of rotatable bonds is 6. The summed E-state index contributed by atoms with van der Waals surface area (Å²) < 4.78 is 10.8. The van der Waals surface area contributed by atoms with Gasteiger partial charge in [-0.05, 0) is 32.0 Å². The third-order valence-electron chi connectivity index (χ3n) is 3.34. The van der Waals surface area contributed by atoms with Gasteiger partial charge in [-0.3, -0.25) is 9.59 Å². The van der Waals surface area contributed by atoms with Gasteiger partial charge < -0.3 is 20.1 Å². The Kier molecular flexibility index (Phi) is 6.39. The van der Waals surface area contributed by atoms with Crippen LogP contribution in [0.3, 0.4) is 0 Å². The molecule has 0 bridgehead atoms. The minimum absolute atomic E-state index is 0.0441. The molecule has 0 atom stereocenters. The monoisotopic (exact) mass is 342 g/mol. The van der Waals surface area contributed by atoms with Crippen molar-refractivity contribution in [3.8, 4) is 11.5 Å². The lowest BCUT2D eigenvalue weighted by Crippen LogP contribution is -2.35. The standard InChI is InChI=1S/C19H22N2O4/c1-13(2)25-17-11-7-5-9-15(17)21-19(23)18(22)20-12-14-8-4-6-10-16(14)24-3/h4-11,13H,12H2,1-3H3,(H,20,22)(H,21,23). The number of methoxy groups -OCH3 is 1. The highest BCUT2D eigenvalue weighted by Crippen LogP contribution is 2.24. The molecular formula is C19H22N2O4. The Labute approximate surface area is 147 Å². The molecule has 0 aliphatic heterocycles. The first-order valence-electron chi connectivity index (χ1n) is 7.98. The van der Waals surface area contributed by atoms with E-state index in [0.717, 1.165) is 5.56 Å². The van der Waals surface area contributed by atoms with Crippen LogP contribution in [-0.2, 0) is 16.1 Å². The first kappa shape index (κ1) is 18.3. The first-order valence-corrected chi connectivity index (χ1v) is 7.98. The van der Waals surface area contributed by atoms with Gasteiger partial charge in [0.05, 0.1) is 18.9 Å². The molecule has 0 heterocycles. The van der Waals surface area contributed by atoms with E-state index < -0.39 is 11.8 Å². The predicted molar refractivity (Wildman–Crippen MR) is 95.7 cm³/mol. The second-order valence-corrected chi connectivity index (χ2v) is 5.61. The highest BCUT2D eigenvalue weighted by Gasteiger charge is 2.16. The maximum absolute atomic E-state index is 12.1. The average Bonchev–Trinajstić information content (AvgIpc) is 2.61. The number of anilines is 1. The number of amides is 2. The molecule has 0 aromatic heterocycles. The zero-order valence-electron chi connectivity index (χ0n) is 14.5. The minimum Gasteiger partial charge on any atom is -0.496 e. The van der Waals surface area contributed by atoms with Gasteiger partial charge in [0, 0.05) is 12.1 Å². The summed E-state index contributed by atoms with van der Waals surface area (Å²) in [6.45, 7) is 3.97. The van der Waals surface area contributed by atoms with Crippen LogP contribution in [0.2, 0.25) is 0 Å². The number of para-hydroxylation sites is 3. The van der Waals surface area contributed by atoms with Crippen molar-refractivity contribution >= 4 is 17.5 Å². The summed E-state index contributed by atoms with van der Waals surface area (Å²) in [6.07, 6.45) is -0.0441. The molecule has 25 heavy (non-hydrogen) atoms. The number of hydrogen-bond donors (Lipinski definition) is 2. The van der Waals surface area contributed by atoms with Crippen LogP contribution in [0.5, 0.6) is 11.5 Å². The molecule has 2 N–H and O–H groups in total. The summed E-state index contributed by atoms with van der Waals surface area (Å²) in [7, 11) is 1.55. The number of ether oxygens (including phenoxy) is 2. The Morgan fingerprint density at radius 1 is 0.960 bits per heavy atom. The quantitative estimate of drug-likeness (QED) is 0.792. The maximum Gasteiger partial charge on any atom is 0.313 e. The fraction of sp³-hybridized carbons (Fsp3) is 0.263. The second kappa shape index (κ2) is 8.73. The zero-order valence-corrected chi connectivity index (χ0v) is 14.5. The summed E-state index contributed by atoms with van der Waals surface area (Å²) in [4.78, 5) is 24.2. The van der Waals surface area contributed by atoms with E-state index in [1.165, 1.54) is 0 Å². The second-order valence-electron chi connectivity index (χ2n) is 5.61. The Morgan fingerprint density at radius 2 is 1.60 bits per heavy atom. The molecule has 0 aliphatic carbocycles. The van der Waals surface area contributed by atoms with Gasteiger partial charge in [-0.2, -0.15) is 0 Å². The number of carbonyl (C=O) groups is 2. The Balaban J connectivity index is 1.98. The van der Waals surface area contributed by atoms with Crippen LogP contribution < -0.4 is 20.1 Å². The highest BCUT2D eigenvalue weighted by atomic mass is 16.5. The van der Waals surface area contributed by atoms with Crippen molar-refractivity contribution in [2.75, 3.05) is 12.4 Å². The van der Waals surface area contributed by atoms with E-state index in [-0.39, 0.29) is 12.6 Å². The van der Waals surface area contributed by atoms with Crippen molar-refractivity contribution in [2.24, 2.45) is 0 Å². The molecule has 0 aliphatic rings. The highest BCUT2D eigenvalue weighted by molar-refractivity contribution is 6.39. The van der Waals surface area contributed by atoms with Crippen LogP contribution >= 0.6 is 0 Å². The van der Waals surface area contributed by atoms with Crippen LogP contribution in [0.25, 0.3) is 0 Å². The average molecular weight is 342 g/mol. The van der Waals surface area contributed by atoms with Crippen molar-refractivity contribution in [3.05, 3.63) is 54.1 Å².